The Morgan fingerprint density at radius 2 is 1.65 bits per heavy atom. The summed E-state index contributed by atoms with van der Waals surface area (Å²) in [7, 11) is 0. The van der Waals surface area contributed by atoms with E-state index in [1.165, 1.54) is 25.9 Å². The zero-order valence-corrected chi connectivity index (χ0v) is 16.7. The van der Waals surface area contributed by atoms with E-state index >= 15 is 0 Å². The standard InChI is InChI=1S/C14H16N4.C6H8O7/c1-2-9-18(8-1)11-13-5-7-16-14(17-13)12-4-3-6-15-10-12;7-3(8)1-6(13,5(11)12)2-4(9)10/h3-7,10H,1-2,8-9,11H2;13H,1-2H2,(H,7,8)(H,9,10)(H,11,12). The van der Waals surface area contributed by atoms with Gasteiger partial charge < -0.3 is 20.4 Å². The molecule has 4 N–H and O–H groups in total. The summed E-state index contributed by atoms with van der Waals surface area (Å²) in [4.78, 5) is 46.0. The highest BCUT2D eigenvalue weighted by atomic mass is 16.4. The molecule has 0 amide bonds. The van der Waals surface area contributed by atoms with E-state index in [2.05, 4.69) is 19.9 Å². The molecule has 11 nitrogen and oxygen atoms in total. The van der Waals surface area contributed by atoms with Gasteiger partial charge in [-0.1, -0.05) is 0 Å². The van der Waals surface area contributed by atoms with Crippen LogP contribution in [0.3, 0.4) is 0 Å². The second-order valence-electron chi connectivity index (χ2n) is 7.07. The van der Waals surface area contributed by atoms with Crippen LogP contribution in [0.15, 0.2) is 36.8 Å². The minimum atomic E-state index is -2.74. The lowest BCUT2D eigenvalue weighted by Crippen LogP contribution is -2.42. The topological polar surface area (TPSA) is 174 Å². The third kappa shape index (κ3) is 7.72. The Kier molecular flexibility index (Phi) is 8.53. The van der Waals surface area contributed by atoms with E-state index in [4.69, 9.17) is 20.4 Å². The smallest absolute Gasteiger partial charge is 0.336 e. The Balaban J connectivity index is 0.000000235. The van der Waals surface area contributed by atoms with Gasteiger partial charge in [0.25, 0.3) is 0 Å². The number of aliphatic hydroxyl groups is 1. The van der Waals surface area contributed by atoms with Crippen LogP contribution < -0.4 is 0 Å². The Hall–Kier alpha value is -3.44. The summed E-state index contributed by atoms with van der Waals surface area (Å²) in [6.45, 7) is 3.30. The van der Waals surface area contributed by atoms with Gasteiger partial charge in [0.15, 0.2) is 11.4 Å². The average molecular weight is 432 g/mol. The predicted molar refractivity (Wildman–Crippen MR) is 107 cm³/mol. The molecular weight excluding hydrogens is 408 g/mol. The molecule has 31 heavy (non-hydrogen) atoms. The molecule has 0 saturated carbocycles. The highest BCUT2D eigenvalue weighted by Gasteiger charge is 2.40. The van der Waals surface area contributed by atoms with Crippen LogP contribution in [-0.4, -0.2) is 76.9 Å². The summed E-state index contributed by atoms with van der Waals surface area (Å²) in [5.41, 5.74) is -0.677. The van der Waals surface area contributed by atoms with Crippen LogP contribution in [0.1, 0.15) is 31.4 Å². The fourth-order valence-electron chi connectivity index (χ4n) is 3.00. The zero-order chi connectivity index (χ0) is 22.9. The van der Waals surface area contributed by atoms with Gasteiger partial charge in [0.1, 0.15) is 0 Å². The van der Waals surface area contributed by atoms with Crippen LogP contribution in [0.5, 0.6) is 0 Å². The van der Waals surface area contributed by atoms with Crippen LogP contribution in [-0.2, 0) is 20.9 Å². The fourth-order valence-corrected chi connectivity index (χ4v) is 3.00. The minimum Gasteiger partial charge on any atom is -0.481 e. The first-order valence-corrected chi connectivity index (χ1v) is 9.53. The number of hydrogen-bond acceptors (Lipinski definition) is 8. The number of carbonyl (C=O) groups is 3. The molecule has 1 fully saturated rings. The lowest BCUT2D eigenvalue weighted by atomic mass is 9.96. The van der Waals surface area contributed by atoms with Gasteiger partial charge in [0.2, 0.25) is 0 Å². The third-order valence-corrected chi connectivity index (χ3v) is 4.50. The Bertz CT molecular complexity index is 885. The molecule has 0 aliphatic carbocycles. The second kappa shape index (κ2) is 11.1. The SMILES string of the molecule is O=C(O)CC(O)(CC(=O)O)C(=O)O.c1cncc(-c2nccc(CN3CCCC3)n2)c1. The van der Waals surface area contributed by atoms with Crippen LogP contribution in [0, 0.1) is 0 Å². The number of nitrogens with zero attached hydrogens (tertiary/aromatic N) is 4. The first kappa shape index (κ1) is 23.8. The monoisotopic (exact) mass is 432 g/mol. The highest BCUT2D eigenvalue weighted by Crippen LogP contribution is 2.16. The van der Waals surface area contributed by atoms with Crippen molar-refractivity contribution in [2.45, 2.75) is 37.8 Å². The lowest BCUT2D eigenvalue weighted by molar-refractivity contribution is -0.170. The van der Waals surface area contributed by atoms with Gasteiger partial charge in [-0.25, -0.2) is 14.8 Å². The summed E-state index contributed by atoms with van der Waals surface area (Å²) < 4.78 is 0. The number of rotatable bonds is 8. The third-order valence-electron chi connectivity index (χ3n) is 4.50. The van der Waals surface area contributed by atoms with Gasteiger partial charge in [-0.3, -0.25) is 19.5 Å². The Morgan fingerprint density at radius 1 is 1.00 bits per heavy atom. The van der Waals surface area contributed by atoms with Crippen LogP contribution in [0.4, 0.5) is 0 Å². The molecule has 0 spiro atoms. The molecule has 1 aliphatic rings. The maximum atomic E-state index is 10.3. The van der Waals surface area contributed by atoms with Gasteiger partial charge >= 0.3 is 17.9 Å². The highest BCUT2D eigenvalue weighted by molar-refractivity contribution is 5.88. The molecule has 0 aromatic carbocycles. The molecular formula is C20H24N4O7. The average Bonchev–Trinajstić information content (AvgIpc) is 3.21. The molecule has 1 saturated heterocycles. The first-order valence-electron chi connectivity index (χ1n) is 9.53. The molecule has 2 aromatic heterocycles. The van der Waals surface area contributed by atoms with E-state index in [0.29, 0.717) is 0 Å². The van der Waals surface area contributed by atoms with Gasteiger partial charge in [-0.2, -0.15) is 0 Å². The van der Waals surface area contributed by atoms with Crippen LogP contribution in [0.2, 0.25) is 0 Å². The molecule has 3 rings (SSSR count). The minimum absolute atomic E-state index is 0.764. The van der Waals surface area contributed by atoms with E-state index < -0.39 is 36.4 Å². The largest absolute Gasteiger partial charge is 0.481 e. The summed E-state index contributed by atoms with van der Waals surface area (Å²) in [6.07, 6.45) is 5.72. The van der Waals surface area contributed by atoms with Crippen molar-refractivity contribution < 1.29 is 34.8 Å². The zero-order valence-electron chi connectivity index (χ0n) is 16.7. The lowest BCUT2D eigenvalue weighted by Gasteiger charge is -2.18. The van der Waals surface area contributed by atoms with Crippen molar-refractivity contribution in [3.8, 4) is 11.4 Å². The number of aromatic nitrogens is 3. The molecule has 166 valence electrons. The number of pyridine rings is 1. The van der Waals surface area contributed by atoms with Crippen molar-refractivity contribution in [3.05, 3.63) is 42.5 Å². The molecule has 0 bridgehead atoms. The Labute approximate surface area is 178 Å². The quantitative estimate of drug-likeness (QED) is 0.466. The van der Waals surface area contributed by atoms with Gasteiger partial charge in [-0.15, -0.1) is 0 Å². The van der Waals surface area contributed by atoms with E-state index in [1.807, 2.05) is 24.4 Å². The Morgan fingerprint density at radius 3 is 2.16 bits per heavy atom. The number of likely N-dealkylation sites (tertiary alicyclic amines) is 1. The van der Waals surface area contributed by atoms with Gasteiger partial charge in [-0.05, 0) is 44.1 Å². The van der Waals surface area contributed by atoms with Crippen molar-refractivity contribution in [1.29, 1.82) is 0 Å². The number of carboxylic acid groups (broad SMARTS) is 3. The predicted octanol–water partition coefficient (Wildman–Crippen LogP) is 0.886. The molecule has 0 unspecified atom stereocenters. The molecule has 1 aliphatic heterocycles. The molecule has 0 radical (unpaired) electrons. The maximum absolute atomic E-state index is 10.3. The van der Waals surface area contributed by atoms with Crippen molar-refractivity contribution in [2.24, 2.45) is 0 Å². The van der Waals surface area contributed by atoms with Crippen molar-refractivity contribution >= 4 is 17.9 Å². The van der Waals surface area contributed by atoms with Crippen molar-refractivity contribution in [2.75, 3.05) is 13.1 Å². The molecule has 0 atom stereocenters. The van der Waals surface area contributed by atoms with Crippen LogP contribution in [0.25, 0.3) is 11.4 Å². The normalized spacial score (nSPS) is 13.8. The van der Waals surface area contributed by atoms with E-state index in [-0.39, 0.29) is 0 Å². The molecule has 11 heteroatoms. The summed E-state index contributed by atoms with van der Waals surface area (Å²) >= 11 is 0. The van der Waals surface area contributed by atoms with E-state index in [0.717, 1.165) is 23.6 Å². The number of hydrogen-bond donors (Lipinski definition) is 4. The molecule has 3 heterocycles. The van der Waals surface area contributed by atoms with E-state index in [1.54, 1.807) is 12.4 Å². The fraction of sp³-hybridized carbons (Fsp3) is 0.400. The van der Waals surface area contributed by atoms with Crippen LogP contribution >= 0.6 is 0 Å². The number of carboxylic acids is 3. The second-order valence-corrected chi connectivity index (χ2v) is 7.07. The van der Waals surface area contributed by atoms with Gasteiger partial charge in [0.05, 0.1) is 18.5 Å². The van der Waals surface area contributed by atoms with Crippen molar-refractivity contribution in [3.63, 3.8) is 0 Å². The summed E-state index contributed by atoms with van der Waals surface area (Å²) in [5.74, 6) is -4.26. The summed E-state index contributed by atoms with van der Waals surface area (Å²) in [6, 6.07) is 5.89. The summed E-state index contributed by atoms with van der Waals surface area (Å²) in [5, 5.41) is 33.8. The molecule has 2 aromatic rings. The van der Waals surface area contributed by atoms with Gasteiger partial charge in [0, 0.05) is 30.7 Å². The maximum Gasteiger partial charge on any atom is 0.336 e. The number of aliphatic carboxylic acids is 3. The van der Waals surface area contributed by atoms with E-state index in [9.17, 15) is 14.4 Å². The first-order chi connectivity index (χ1) is 14.7. The van der Waals surface area contributed by atoms with Crippen molar-refractivity contribution in [1.82, 2.24) is 19.9 Å².